The van der Waals surface area contributed by atoms with Crippen molar-refractivity contribution < 1.29 is 18.0 Å². The Bertz CT molecular complexity index is 924. The van der Waals surface area contributed by atoms with Gasteiger partial charge in [-0.15, -0.1) is 0 Å². The topological polar surface area (TPSA) is 87.7 Å². The molecule has 7 nitrogen and oxygen atoms in total. The summed E-state index contributed by atoms with van der Waals surface area (Å²) in [6.07, 6.45) is 1.88. The molecule has 1 unspecified atom stereocenters. The van der Waals surface area contributed by atoms with E-state index in [2.05, 4.69) is 4.98 Å². The van der Waals surface area contributed by atoms with Crippen LogP contribution in [0, 0.1) is 0 Å². The SMILES string of the molecule is O=C1c2cccnc2C(=O)N1C1CCN(S(=O)(=O)c2ccccc2)C1. The van der Waals surface area contributed by atoms with Gasteiger partial charge in [0, 0.05) is 19.3 Å². The second-order valence-corrected chi connectivity index (χ2v) is 7.94. The summed E-state index contributed by atoms with van der Waals surface area (Å²) >= 11 is 0. The Morgan fingerprint density at radius 1 is 1.00 bits per heavy atom. The Morgan fingerprint density at radius 2 is 1.76 bits per heavy atom. The first-order valence-electron chi connectivity index (χ1n) is 7.88. The normalized spacial score (nSPS) is 21.0. The largest absolute Gasteiger partial charge is 0.280 e. The van der Waals surface area contributed by atoms with Crippen LogP contribution in [-0.4, -0.2) is 53.6 Å². The molecule has 4 rings (SSSR count). The zero-order valence-corrected chi connectivity index (χ0v) is 14.0. The molecule has 8 heteroatoms. The molecule has 0 spiro atoms. The minimum atomic E-state index is -3.64. The molecule has 0 saturated carbocycles. The van der Waals surface area contributed by atoms with Gasteiger partial charge in [0.2, 0.25) is 10.0 Å². The molecule has 1 aromatic heterocycles. The third-order valence-electron chi connectivity index (χ3n) is 4.55. The van der Waals surface area contributed by atoms with Crippen molar-refractivity contribution in [2.24, 2.45) is 0 Å². The number of imide groups is 1. The fourth-order valence-electron chi connectivity index (χ4n) is 3.30. The van der Waals surface area contributed by atoms with E-state index in [0.29, 0.717) is 6.42 Å². The maximum absolute atomic E-state index is 12.7. The predicted molar refractivity (Wildman–Crippen MR) is 88.3 cm³/mol. The summed E-state index contributed by atoms with van der Waals surface area (Å²) in [5.41, 5.74) is 0.411. The van der Waals surface area contributed by atoms with Crippen molar-refractivity contribution in [2.75, 3.05) is 13.1 Å². The van der Waals surface area contributed by atoms with Crippen LogP contribution in [0.5, 0.6) is 0 Å². The summed E-state index contributed by atoms with van der Waals surface area (Å²) in [6.45, 7) is 0.366. The molecule has 0 N–H and O–H groups in total. The summed E-state index contributed by atoms with van der Waals surface area (Å²) < 4.78 is 26.7. The number of nitrogens with zero attached hydrogens (tertiary/aromatic N) is 3. The number of amides is 2. The lowest BCUT2D eigenvalue weighted by Gasteiger charge is -2.22. The predicted octanol–water partition coefficient (Wildman–Crippen LogP) is 1.14. The Hall–Kier alpha value is -2.58. The molecular formula is C17H15N3O4S. The van der Waals surface area contributed by atoms with E-state index >= 15 is 0 Å². The summed E-state index contributed by atoms with van der Waals surface area (Å²) in [7, 11) is -3.64. The highest BCUT2D eigenvalue weighted by Crippen LogP contribution is 2.29. The first kappa shape index (κ1) is 15.9. The van der Waals surface area contributed by atoms with Gasteiger partial charge in [0.1, 0.15) is 5.69 Å². The molecule has 1 fully saturated rings. The molecule has 0 bridgehead atoms. The van der Waals surface area contributed by atoms with Crippen LogP contribution in [0.15, 0.2) is 53.6 Å². The summed E-state index contributed by atoms with van der Waals surface area (Å²) in [5, 5.41) is 0. The van der Waals surface area contributed by atoms with Crippen molar-refractivity contribution in [3.8, 4) is 0 Å². The van der Waals surface area contributed by atoms with Crippen LogP contribution >= 0.6 is 0 Å². The van der Waals surface area contributed by atoms with Gasteiger partial charge >= 0.3 is 0 Å². The van der Waals surface area contributed by atoms with Crippen molar-refractivity contribution >= 4 is 21.8 Å². The van der Waals surface area contributed by atoms with Crippen LogP contribution in [0.3, 0.4) is 0 Å². The first-order chi connectivity index (χ1) is 12.0. The second-order valence-electron chi connectivity index (χ2n) is 6.00. The molecule has 128 valence electrons. The highest BCUT2D eigenvalue weighted by Gasteiger charge is 2.45. The molecule has 1 atom stereocenters. The van der Waals surface area contributed by atoms with E-state index in [0.717, 1.165) is 4.90 Å². The fourth-order valence-corrected chi connectivity index (χ4v) is 4.81. The maximum Gasteiger partial charge on any atom is 0.280 e. The van der Waals surface area contributed by atoms with Crippen molar-refractivity contribution in [3.63, 3.8) is 0 Å². The number of rotatable bonds is 3. The number of hydrogen-bond donors (Lipinski definition) is 0. The zero-order valence-electron chi connectivity index (χ0n) is 13.2. The van der Waals surface area contributed by atoms with Crippen molar-refractivity contribution in [1.82, 2.24) is 14.2 Å². The maximum atomic E-state index is 12.7. The van der Waals surface area contributed by atoms with Gasteiger partial charge in [0.25, 0.3) is 11.8 Å². The van der Waals surface area contributed by atoms with Crippen LogP contribution in [0.25, 0.3) is 0 Å². The summed E-state index contributed by atoms with van der Waals surface area (Å²) in [5.74, 6) is -0.860. The monoisotopic (exact) mass is 357 g/mol. The van der Waals surface area contributed by atoms with Gasteiger partial charge in [-0.2, -0.15) is 4.31 Å². The zero-order chi connectivity index (χ0) is 17.6. The average molecular weight is 357 g/mol. The van der Waals surface area contributed by atoms with Gasteiger partial charge in [-0.25, -0.2) is 8.42 Å². The van der Waals surface area contributed by atoms with Crippen LogP contribution in [0.1, 0.15) is 27.3 Å². The van der Waals surface area contributed by atoms with E-state index in [1.807, 2.05) is 0 Å². The molecule has 0 aliphatic carbocycles. The molecule has 25 heavy (non-hydrogen) atoms. The van der Waals surface area contributed by atoms with Crippen LogP contribution in [0.4, 0.5) is 0 Å². The van der Waals surface area contributed by atoms with Gasteiger partial charge < -0.3 is 0 Å². The molecule has 2 amide bonds. The molecule has 1 aromatic carbocycles. The molecule has 0 radical (unpaired) electrons. The minimum absolute atomic E-state index is 0.0999. The fraction of sp³-hybridized carbons (Fsp3) is 0.235. The smallest absolute Gasteiger partial charge is 0.268 e. The van der Waals surface area contributed by atoms with Crippen molar-refractivity contribution in [1.29, 1.82) is 0 Å². The number of sulfonamides is 1. The third kappa shape index (κ3) is 2.45. The quantitative estimate of drug-likeness (QED) is 0.769. The Kier molecular flexibility index (Phi) is 3.66. The van der Waals surface area contributed by atoms with E-state index in [-0.39, 0.29) is 29.2 Å². The lowest BCUT2D eigenvalue weighted by molar-refractivity contribution is 0.0591. The van der Waals surface area contributed by atoms with E-state index in [4.69, 9.17) is 0 Å². The first-order valence-corrected chi connectivity index (χ1v) is 9.32. The number of pyridine rings is 1. The van der Waals surface area contributed by atoms with E-state index in [9.17, 15) is 18.0 Å². The average Bonchev–Trinajstić information content (AvgIpc) is 3.21. The lowest BCUT2D eigenvalue weighted by atomic mass is 10.2. The second kappa shape index (κ2) is 5.75. The third-order valence-corrected chi connectivity index (χ3v) is 6.43. The number of carbonyl (C=O) groups excluding carboxylic acids is 2. The standard InChI is InChI=1S/C17H15N3O4S/c21-16-14-7-4-9-18-15(14)17(22)20(16)12-8-10-19(11-12)25(23,24)13-5-2-1-3-6-13/h1-7,9,12H,8,10-11H2. The van der Waals surface area contributed by atoms with Crippen molar-refractivity contribution in [2.45, 2.75) is 17.4 Å². The van der Waals surface area contributed by atoms with Crippen LogP contribution < -0.4 is 0 Å². The summed E-state index contributed by atoms with van der Waals surface area (Å²) in [4.78, 5) is 30.4. The molecular weight excluding hydrogens is 342 g/mol. The van der Waals surface area contributed by atoms with Gasteiger partial charge in [-0.3, -0.25) is 19.5 Å². The number of aromatic nitrogens is 1. The lowest BCUT2D eigenvalue weighted by Crippen LogP contribution is -2.42. The van der Waals surface area contributed by atoms with Gasteiger partial charge in [-0.05, 0) is 30.7 Å². The van der Waals surface area contributed by atoms with Crippen LogP contribution in [0.2, 0.25) is 0 Å². The van der Waals surface area contributed by atoms with E-state index in [1.165, 1.54) is 22.6 Å². The van der Waals surface area contributed by atoms with Crippen LogP contribution in [-0.2, 0) is 10.0 Å². The Balaban J connectivity index is 1.58. The number of carbonyl (C=O) groups is 2. The van der Waals surface area contributed by atoms with E-state index < -0.39 is 27.9 Å². The Labute approximate surface area is 144 Å². The Morgan fingerprint density at radius 3 is 2.48 bits per heavy atom. The number of fused-ring (bicyclic) bond motifs is 1. The number of benzene rings is 1. The molecule has 2 aliphatic heterocycles. The van der Waals surface area contributed by atoms with Gasteiger partial charge in [-0.1, -0.05) is 18.2 Å². The molecule has 3 heterocycles. The summed E-state index contributed by atoms with van der Waals surface area (Å²) in [6, 6.07) is 10.8. The van der Waals surface area contributed by atoms with Gasteiger partial charge in [0.15, 0.2) is 0 Å². The molecule has 2 aromatic rings. The van der Waals surface area contributed by atoms with Gasteiger partial charge in [0.05, 0.1) is 16.5 Å². The molecule has 2 aliphatic rings. The van der Waals surface area contributed by atoms with E-state index in [1.54, 1.807) is 30.3 Å². The minimum Gasteiger partial charge on any atom is -0.268 e. The molecule has 1 saturated heterocycles. The highest BCUT2D eigenvalue weighted by molar-refractivity contribution is 7.89. The number of hydrogen-bond acceptors (Lipinski definition) is 5. The van der Waals surface area contributed by atoms with Crippen molar-refractivity contribution in [3.05, 3.63) is 59.9 Å². The highest BCUT2D eigenvalue weighted by atomic mass is 32.2.